The minimum absolute atomic E-state index is 0.0134. The molecule has 2 aliphatic carbocycles. The number of nitrogens with one attached hydrogen (secondary N) is 1. The van der Waals surface area contributed by atoms with Crippen LogP contribution in [0, 0.1) is 22.7 Å². The van der Waals surface area contributed by atoms with Crippen molar-refractivity contribution in [3.63, 3.8) is 0 Å². The van der Waals surface area contributed by atoms with Crippen LogP contribution in [0.15, 0.2) is 18.2 Å². The summed E-state index contributed by atoms with van der Waals surface area (Å²) in [6, 6.07) is 6.26. The zero-order valence-electron chi connectivity index (χ0n) is 18.4. The van der Waals surface area contributed by atoms with Gasteiger partial charge in [0.15, 0.2) is 0 Å². The molecular formula is C24H35NO4. The second-order valence-corrected chi connectivity index (χ2v) is 9.74. The number of carbonyl (C=O) groups is 1. The highest BCUT2D eigenvalue weighted by molar-refractivity contribution is 5.76. The SMILES string of the molecule is CCCC(=O)N[C@H]1C(C)(C)[C@@H]2C[C@@H]3[C@@H](c4cc(OC)cc(OC)c4)OCCC31C2. The molecule has 3 aliphatic rings. The molecule has 1 saturated heterocycles. The van der Waals surface area contributed by atoms with Gasteiger partial charge >= 0.3 is 0 Å². The van der Waals surface area contributed by atoms with E-state index in [1.54, 1.807) is 14.2 Å². The maximum absolute atomic E-state index is 12.6. The number of amides is 1. The third kappa shape index (κ3) is 3.22. The van der Waals surface area contributed by atoms with Gasteiger partial charge in [-0.2, -0.15) is 0 Å². The van der Waals surface area contributed by atoms with Gasteiger partial charge in [0.2, 0.25) is 5.91 Å². The Hall–Kier alpha value is -1.75. The maximum atomic E-state index is 12.6. The third-order valence-corrected chi connectivity index (χ3v) is 7.99. The van der Waals surface area contributed by atoms with Gasteiger partial charge in [0, 0.05) is 25.1 Å². The molecular weight excluding hydrogens is 366 g/mol. The number of rotatable bonds is 6. The van der Waals surface area contributed by atoms with Gasteiger partial charge in [-0.05, 0) is 66.0 Å². The summed E-state index contributed by atoms with van der Waals surface area (Å²) in [5.74, 6) is 2.78. The first-order valence-corrected chi connectivity index (χ1v) is 11.0. The van der Waals surface area contributed by atoms with Gasteiger partial charge in [0.25, 0.3) is 0 Å². The number of fused-ring (bicyclic) bond motifs is 1. The Kier molecular flexibility index (Phi) is 5.30. The van der Waals surface area contributed by atoms with Crippen LogP contribution < -0.4 is 14.8 Å². The zero-order valence-corrected chi connectivity index (χ0v) is 18.4. The summed E-state index contributed by atoms with van der Waals surface area (Å²) in [4.78, 5) is 12.6. The Morgan fingerprint density at radius 1 is 1.21 bits per heavy atom. The summed E-state index contributed by atoms with van der Waals surface area (Å²) in [6.07, 6.45) is 4.85. The molecule has 5 nitrogen and oxygen atoms in total. The molecule has 4 rings (SSSR count). The van der Waals surface area contributed by atoms with E-state index in [1.807, 2.05) is 6.07 Å². The molecule has 0 radical (unpaired) electrons. The topological polar surface area (TPSA) is 56.8 Å². The van der Waals surface area contributed by atoms with Crippen molar-refractivity contribution in [2.45, 2.75) is 65.0 Å². The fraction of sp³-hybridized carbons (Fsp3) is 0.708. The van der Waals surface area contributed by atoms with Crippen LogP contribution in [-0.4, -0.2) is 32.8 Å². The molecule has 0 aromatic heterocycles. The first kappa shape index (κ1) is 20.5. The van der Waals surface area contributed by atoms with Gasteiger partial charge in [-0.1, -0.05) is 20.8 Å². The highest BCUT2D eigenvalue weighted by atomic mass is 16.5. The fourth-order valence-electron chi connectivity index (χ4n) is 6.57. The number of methoxy groups -OCH3 is 2. The zero-order chi connectivity index (χ0) is 20.8. The predicted molar refractivity (Wildman–Crippen MR) is 112 cm³/mol. The molecule has 1 heterocycles. The number of ether oxygens (including phenoxy) is 3. The second-order valence-electron chi connectivity index (χ2n) is 9.74. The highest BCUT2D eigenvalue weighted by Crippen LogP contribution is 2.70. The number of hydrogen-bond acceptors (Lipinski definition) is 4. The summed E-state index contributed by atoms with van der Waals surface area (Å²) in [5.41, 5.74) is 1.35. The van der Waals surface area contributed by atoms with E-state index in [-0.39, 0.29) is 28.9 Å². The molecule has 1 aliphatic heterocycles. The molecule has 2 saturated carbocycles. The van der Waals surface area contributed by atoms with Crippen LogP contribution in [0.1, 0.15) is 64.5 Å². The fourth-order valence-corrected chi connectivity index (χ4v) is 6.57. The van der Waals surface area contributed by atoms with E-state index >= 15 is 0 Å². The Morgan fingerprint density at radius 2 is 1.90 bits per heavy atom. The van der Waals surface area contributed by atoms with Crippen molar-refractivity contribution in [3.8, 4) is 11.5 Å². The lowest BCUT2D eigenvalue weighted by Gasteiger charge is -2.53. The van der Waals surface area contributed by atoms with Crippen LogP contribution in [0.3, 0.4) is 0 Å². The molecule has 3 fully saturated rings. The summed E-state index contributed by atoms with van der Waals surface area (Å²) in [5, 5.41) is 3.46. The minimum Gasteiger partial charge on any atom is -0.497 e. The summed E-state index contributed by atoms with van der Waals surface area (Å²) in [7, 11) is 3.36. The van der Waals surface area contributed by atoms with Gasteiger partial charge in [-0.25, -0.2) is 0 Å². The third-order valence-electron chi connectivity index (χ3n) is 7.99. The monoisotopic (exact) mass is 401 g/mol. The first-order valence-electron chi connectivity index (χ1n) is 11.0. The normalized spacial score (nSPS) is 34.5. The lowest BCUT2D eigenvalue weighted by Crippen LogP contribution is -2.58. The number of benzene rings is 1. The molecule has 5 heteroatoms. The smallest absolute Gasteiger partial charge is 0.220 e. The van der Waals surface area contributed by atoms with Gasteiger partial charge in [-0.3, -0.25) is 4.79 Å². The van der Waals surface area contributed by atoms with Gasteiger partial charge in [0.1, 0.15) is 11.5 Å². The lowest BCUT2D eigenvalue weighted by atomic mass is 9.59. The van der Waals surface area contributed by atoms with E-state index in [2.05, 4.69) is 38.2 Å². The minimum atomic E-state index is 0.0134. The molecule has 1 unspecified atom stereocenters. The first-order chi connectivity index (χ1) is 13.9. The van der Waals surface area contributed by atoms with Crippen molar-refractivity contribution >= 4 is 5.91 Å². The van der Waals surface area contributed by atoms with Crippen molar-refractivity contribution in [1.29, 1.82) is 0 Å². The largest absolute Gasteiger partial charge is 0.497 e. The summed E-state index contributed by atoms with van der Waals surface area (Å²) >= 11 is 0. The van der Waals surface area contributed by atoms with Crippen molar-refractivity contribution in [2.75, 3.05) is 20.8 Å². The van der Waals surface area contributed by atoms with E-state index in [0.717, 1.165) is 42.9 Å². The molecule has 1 amide bonds. The van der Waals surface area contributed by atoms with E-state index in [1.165, 1.54) is 6.42 Å². The van der Waals surface area contributed by atoms with E-state index in [0.29, 0.717) is 18.3 Å². The van der Waals surface area contributed by atoms with Crippen LogP contribution in [0.4, 0.5) is 0 Å². The Morgan fingerprint density at radius 3 is 2.52 bits per heavy atom. The van der Waals surface area contributed by atoms with Crippen LogP contribution in [-0.2, 0) is 9.53 Å². The Labute approximate surface area is 174 Å². The van der Waals surface area contributed by atoms with Gasteiger partial charge in [-0.15, -0.1) is 0 Å². The number of hydrogen-bond donors (Lipinski definition) is 1. The average molecular weight is 402 g/mol. The van der Waals surface area contributed by atoms with Crippen LogP contribution >= 0.6 is 0 Å². The van der Waals surface area contributed by atoms with Crippen LogP contribution in [0.25, 0.3) is 0 Å². The molecule has 1 aromatic carbocycles. The molecule has 1 spiro atoms. The van der Waals surface area contributed by atoms with E-state index in [4.69, 9.17) is 14.2 Å². The maximum Gasteiger partial charge on any atom is 0.220 e. The highest BCUT2D eigenvalue weighted by Gasteiger charge is 2.68. The van der Waals surface area contributed by atoms with Crippen molar-refractivity contribution in [2.24, 2.45) is 22.7 Å². The van der Waals surface area contributed by atoms with Crippen LogP contribution in [0.5, 0.6) is 11.5 Å². The molecule has 2 bridgehead atoms. The molecule has 1 N–H and O–H groups in total. The van der Waals surface area contributed by atoms with Crippen molar-refractivity contribution in [1.82, 2.24) is 5.32 Å². The Balaban J connectivity index is 1.68. The Bertz CT molecular complexity index is 754. The predicted octanol–water partition coefficient (Wildman–Crippen LogP) is 4.50. The van der Waals surface area contributed by atoms with Crippen LogP contribution in [0.2, 0.25) is 0 Å². The van der Waals surface area contributed by atoms with Gasteiger partial charge in [0.05, 0.1) is 20.3 Å². The average Bonchev–Trinajstić information content (AvgIpc) is 3.20. The summed E-state index contributed by atoms with van der Waals surface area (Å²) in [6.45, 7) is 7.48. The molecule has 29 heavy (non-hydrogen) atoms. The van der Waals surface area contributed by atoms with E-state index < -0.39 is 0 Å². The molecule has 1 aromatic rings. The van der Waals surface area contributed by atoms with Gasteiger partial charge < -0.3 is 19.5 Å². The molecule has 160 valence electrons. The second kappa shape index (κ2) is 7.50. The lowest BCUT2D eigenvalue weighted by molar-refractivity contribution is -0.137. The number of carbonyl (C=O) groups excluding carboxylic acids is 1. The standard InChI is InChI=1S/C24H35NO4/c1-6-7-20(26)25-22-23(2,3)16-12-19-21(29-9-8-24(19,22)14-16)15-10-17(27-4)13-18(11-15)28-5/h10-11,13,16,19,21-22H,6-9,12,14H2,1-5H3,(H,25,26)/t16-,19-,21-,22+,24?/m1/s1. The molecule has 5 atom stereocenters. The summed E-state index contributed by atoms with van der Waals surface area (Å²) < 4.78 is 17.4. The van der Waals surface area contributed by atoms with Crippen molar-refractivity contribution in [3.05, 3.63) is 23.8 Å². The van der Waals surface area contributed by atoms with Crippen molar-refractivity contribution < 1.29 is 19.0 Å². The van der Waals surface area contributed by atoms with E-state index in [9.17, 15) is 4.79 Å². The quantitative estimate of drug-likeness (QED) is 0.762.